The van der Waals surface area contributed by atoms with Gasteiger partial charge in [-0.05, 0) is 19.8 Å². The van der Waals surface area contributed by atoms with E-state index in [2.05, 4.69) is 30.2 Å². The summed E-state index contributed by atoms with van der Waals surface area (Å²) in [6.07, 6.45) is 1.67. The van der Waals surface area contributed by atoms with Crippen LogP contribution in [0, 0.1) is 6.92 Å². The van der Waals surface area contributed by atoms with Crippen LogP contribution in [0.25, 0.3) is 0 Å². The highest BCUT2D eigenvalue weighted by Gasteiger charge is 2.22. The van der Waals surface area contributed by atoms with Crippen molar-refractivity contribution in [3.63, 3.8) is 0 Å². The molecule has 3 rings (SSSR count). The number of anilines is 2. The summed E-state index contributed by atoms with van der Waals surface area (Å²) in [5, 5.41) is 10.4. The Labute approximate surface area is 137 Å². The van der Waals surface area contributed by atoms with Gasteiger partial charge in [0, 0.05) is 25.2 Å². The Morgan fingerprint density at radius 1 is 1.46 bits per heavy atom. The zero-order valence-corrected chi connectivity index (χ0v) is 13.3. The van der Waals surface area contributed by atoms with Gasteiger partial charge in [-0.2, -0.15) is 4.98 Å². The van der Waals surface area contributed by atoms with Crippen LogP contribution in [0.15, 0.2) is 15.5 Å². The monoisotopic (exact) mass is 333 g/mol. The topological polar surface area (TPSA) is 143 Å². The molecule has 2 aromatic heterocycles. The quantitative estimate of drug-likeness (QED) is 0.671. The van der Waals surface area contributed by atoms with Crippen LogP contribution < -0.4 is 21.5 Å². The number of rotatable bonds is 4. The maximum absolute atomic E-state index is 12.1. The van der Waals surface area contributed by atoms with Crippen molar-refractivity contribution in [2.75, 3.05) is 23.7 Å². The first kappa shape index (κ1) is 16.0. The van der Waals surface area contributed by atoms with Gasteiger partial charge in [-0.1, -0.05) is 10.3 Å². The lowest BCUT2D eigenvalue weighted by atomic mass is 10.0. The number of aromatic amines is 1. The molecule has 0 atom stereocenters. The number of nitrogens with one attached hydrogen (secondary N) is 2. The van der Waals surface area contributed by atoms with Crippen LogP contribution in [0.5, 0.6) is 0 Å². The van der Waals surface area contributed by atoms with Gasteiger partial charge in [-0.3, -0.25) is 14.6 Å². The van der Waals surface area contributed by atoms with E-state index in [0.717, 1.165) is 12.8 Å². The normalized spacial score (nSPS) is 15.5. The van der Waals surface area contributed by atoms with E-state index in [0.29, 0.717) is 30.3 Å². The van der Waals surface area contributed by atoms with E-state index in [1.807, 2.05) is 4.90 Å². The summed E-state index contributed by atoms with van der Waals surface area (Å²) >= 11 is 0. The molecule has 0 aliphatic carbocycles. The van der Waals surface area contributed by atoms with Crippen LogP contribution in [-0.2, 0) is 11.2 Å². The molecule has 1 aliphatic heterocycles. The van der Waals surface area contributed by atoms with Gasteiger partial charge in [-0.25, -0.2) is 4.63 Å². The molecule has 0 bridgehead atoms. The molecule has 0 spiro atoms. The molecule has 1 aliphatic rings. The molecule has 1 amide bonds. The predicted octanol–water partition coefficient (Wildman–Crippen LogP) is -0.629. The van der Waals surface area contributed by atoms with Gasteiger partial charge in [0.2, 0.25) is 11.9 Å². The van der Waals surface area contributed by atoms with E-state index in [-0.39, 0.29) is 29.9 Å². The highest BCUT2D eigenvalue weighted by Crippen LogP contribution is 2.17. The van der Waals surface area contributed by atoms with Gasteiger partial charge < -0.3 is 16.0 Å². The second-order valence-electron chi connectivity index (χ2n) is 5.79. The molecule has 128 valence electrons. The SMILES string of the molecule is Cc1nonc1CC(=O)NC1CCN(c2cc(=O)[nH]c(N)n2)CC1. The maximum Gasteiger partial charge on any atom is 0.254 e. The summed E-state index contributed by atoms with van der Waals surface area (Å²) in [6, 6.07) is 1.50. The van der Waals surface area contributed by atoms with E-state index < -0.39 is 0 Å². The molecule has 10 heteroatoms. The van der Waals surface area contributed by atoms with Gasteiger partial charge in [-0.15, -0.1) is 0 Å². The fourth-order valence-electron chi connectivity index (χ4n) is 2.72. The average molecular weight is 333 g/mol. The van der Waals surface area contributed by atoms with E-state index in [4.69, 9.17) is 5.73 Å². The van der Waals surface area contributed by atoms with Crippen molar-refractivity contribution in [2.45, 2.75) is 32.2 Å². The number of carbonyl (C=O) groups is 1. The number of nitrogens with zero attached hydrogens (tertiary/aromatic N) is 4. The van der Waals surface area contributed by atoms with Crippen LogP contribution in [0.1, 0.15) is 24.2 Å². The summed E-state index contributed by atoms with van der Waals surface area (Å²) in [4.78, 5) is 32.1. The third kappa shape index (κ3) is 3.70. The number of hydrogen-bond donors (Lipinski definition) is 3. The molecule has 10 nitrogen and oxygen atoms in total. The standard InChI is InChI=1S/C14H19N7O3/c1-8-10(20-24-19-8)6-12(22)16-9-2-4-21(5-3-9)11-7-13(23)18-14(15)17-11/h7,9H,2-6H2,1H3,(H,16,22)(H3,15,17,18,23). The van der Waals surface area contributed by atoms with Crippen LogP contribution >= 0.6 is 0 Å². The zero-order valence-electron chi connectivity index (χ0n) is 13.3. The molecule has 3 heterocycles. The van der Waals surface area contributed by atoms with Crippen LogP contribution in [0.3, 0.4) is 0 Å². The van der Waals surface area contributed by atoms with E-state index in [1.54, 1.807) is 6.92 Å². The smallest absolute Gasteiger partial charge is 0.254 e. The molecule has 4 N–H and O–H groups in total. The Balaban J connectivity index is 1.52. The fourth-order valence-corrected chi connectivity index (χ4v) is 2.72. The predicted molar refractivity (Wildman–Crippen MR) is 85.4 cm³/mol. The number of hydrogen-bond acceptors (Lipinski definition) is 8. The Bertz CT molecular complexity index is 777. The Kier molecular flexibility index (Phi) is 4.45. The number of nitrogen functional groups attached to an aromatic ring is 1. The van der Waals surface area contributed by atoms with Crippen molar-refractivity contribution in [2.24, 2.45) is 0 Å². The molecular formula is C14H19N7O3. The number of aryl methyl sites for hydroxylation is 1. The molecule has 1 saturated heterocycles. The average Bonchev–Trinajstić information content (AvgIpc) is 2.92. The second-order valence-corrected chi connectivity index (χ2v) is 5.79. The molecule has 0 radical (unpaired) electrons. The summed E-state index contributed by atoms with van der Waals surface area (Å²) < 4.78 is 4.59. The molecule has 0 unspecified atom stereocenters. The van der Waals surface area contributed by atoms with Crippen molar-refractivity contribution in [1.29, 1.82) is 0 Å². The highest BCUT2D eigenvalue weighted by atomic mass is 16.6. The zero-order chi connectivity index (χ0) is 17.1. The number of nitrogens with two attached hydrogens (primary N) is 1. The van der Waals surface area contributed by atoms with Crippen LogP contribution in [0.4, 0.5) is 11.8 Å². The van der Waals surface area contributed by atoms with Crippen LogP contribution in [0.2, 0.25) is 0 Å². The summed E-state index contributed by atoms with van der Waals surface area (Å²) in [5.41, 5.74) is 6.47. The van der Waals surface area contributed by atoms with E-state index in [9.17, 15) is 9.59 Å². The van der Waals surface area contributed by atoms with Crippen molar-refractivity contribution in [3.8, 4) is 0 Å². The van der Waals surface area contributed by atoms with Gasteiger partial charge in [0.25, 0.3) is 5.56 Å². The van der Waals surface area contributed by atoms with E-state index >= 15 is 0 Å². The Morgan fingerprint density at radius 2 is 2.21 bits per heavy atom. The Hall–Kier alpha value is -2.91. The van der Waals surface area contributed by atoms with Crippen molar-refractivity contribution in [1.82, 2.24) is 25.6 Å². The first-order valence-corrected chi connectivity index (χ1v) is 7.70. The third-order valence-corrected chi connectivity index (χ3v) is 4.00. The fraction of sp³-hybridized carbons (Fsp3) is 0.500. The van der Waals surface area contributed by atoms with Gasteiger partial charge in [0.15, 0.2) is 0 Å². The Morgan fingerprint density at radius 3 is 2.83 bits per heavy atom. The van der Waals surface area contributed by atoms with Gasteiger partial charge >= 0.3 is 0 Å². The lowest BCUT2D eigenvalue weighted by molar-refractivity contribution is -0.121. The maximum atomic E-state index is 12.1. The highest BCUT2D eigenvalue weighted by molar-refractivity contribution is 5.78. The summed E-state index contributed by atoms with van der Waals surface area (Å²) in [6.45, 7) is 3.12. The second kappa shape index (κ2) is 6.69. The molecular weight excluding hydrogens is 314 g/mol. The summed E-state index contributed by atoms with van der Waals surface area (Å²) in [5.74, 6) is 0.556. The number of piperidine rings is 1. The number of H-pyrrole nitrogens is 1. The third-order valence-electron chi connectivity index (χ3n) is 4.00. The minimum atomic E-state index is -0.274. The number of carbonyl (C=O) groups excluding carboxylic acids is 1. The van der Waals surface area contributed by atoms with E-state index in [1.165, 1.54) is 6.07 Å². The van der Waals surface area contributed by atoms with Crippen molar-refractivity contribution in [3.05, 3.63) is 27.8 Å². The molecule has 24 heavy (non-hydrogen) atoms. The van der Waals surface area contributed by atoms with Gasteiger partial charge in [0.1, 0.15) is 17.2 Å². The molecule has 0 aromatic carbocycles. The lowest BCUT2D eigenvalue weighted by Crippen LogP contribution is -2.45. The minimum absolute atomic E-state index is 0.0771. The lowest BCUT2D eigenvalue weighted by Gasteiger charge is -2.33. The molecule has 0 saturated carbocycles. The number of amides is 1. The minimum Gasteiger partial charge on any atom is -0.369 e. The number of aromatic nitrogens is 4. The van der Waals surface area contributed by atoms with Crippen LogP contribution in [-0.4, -0.2) is 45.3 Å². The first-order valence-electron chi connectivity index (χ1n) is 7.70. The molecule has 1 fully saturated rings. The van der Waals surface area contributed by atoms with Crippen molar-refractivity contribution >= 4 is 17.7 Å². The summed E-state index contributed by atoms with van der Waals surface area (Å²) in [7, 11) is 0. The molecule has 2 aromatic rings. The first-order chi connectivity index (χ1) is 11.5. The van der Waals surface area contributed by atoms with Crippen molar-refractivity contribution < 1.29 is 9.42 Å². The largest absolute Gasteiger partial charge is 0.369 e. The van der Waals surface area contributed by atoms with Gasteiger partial charge in [0.05, 0.1) is 6.42 Å².